The standard InChI is InChI=1S/C21H31N5O.HI/c1-15(18-8-7-9-19(14-18)26-12-5-6-13-26)24-21(22-4)23-11-10-20-16(2)25-27-17(20)3;/h7-9,14-15H,5-6,10-13H2,1-4H3,(H2,22,23,24);1H. The minimum atomic E-state index is 0. The van der Waals surface area contributed by atoms with Gasteiger partial charge in [-0.15, -0.1) is 24.0 Å². The summed E-state index contributed by atoms with van der Waals surface area (Å²) in [5, 5.41) is 10.9. The van der Waals surface area contributed by atoms with Crippen LogP contribution in [0.15, 0.2) is 33.8 Å². The minimum absolute atomic E-state index is 0. The van der Waals surface area contributed by atoms with Crippen LogP contribution in [-0.4, -0.2) is 37.8 Å². The Morgan fingerprint density at radius 2 is 2.04 bits per heavy atom. The van der Waals surface area contributed by atoms with Crippen molar-refractivity contribution in [3.8, 4) is 0 Å². The van der Waals surface area contributed by atoms with Crippen molar-refractivity contribution >= 4 is 35.6 Å². The number of hydrogen-bond donors (Lipinski definition) is 2. The van der Waals surface area contributed by atoms with Crippen molar-refractivity contribution < 1.29 is 4.52 Å². The molecular formula is C21H32IN5O. The maximum absolute atomic E-state index is 5.23. The van der Waals surface area contributed by atoms with Crippen molar-refractivity contribution in [3.05, 3.63) is 46.8 Å². The second-order valence-corrected chi connectivity index (χ2v) is 7.21. The van der Waals surface area contributed by atoms with Crippen LogP contribution in [0.3, 0.4) is 0 Å². The molecule has 2 heterocycles. The number of nitrogens with one attached hydrogen (secondary N) is 2. The van der Waals surface area contributed by atoms with Crippen molar-refractivity contribution in [2.75, 3.05) is 31.6 Å². The van der Waals surface area contributed by atoms with Crippen LogP contribution in [0.4, 0.5) is 5.69 Å². The second-order valence-electron chi connectivity index (χ2n) is 7.21. The highest BCUT2D eigenvalue weighted by molar-refractivity contribution is 14.0. The highest BCUT2D eigenvalue weighted by atomic mass is 127. The molecule has 1 saturated heterocycles. The van der Waals surface area contributed by atoms with E-state index in [-0.39, 0.29) is 30.0 Å². The molecule has 2 N–H and O–H groups in total. The number of benzene rings is 1. The molecule has 0 amide bonds. The van der Waals surface area contributed by atoms with Gasteiger partial charge in [-0.25, -0.2) is 0 Å². The lowest BCUT2D eigenvalue weighted by atomic mass is 10.1. The third kappa shape index (κ3) is 5.62. The number of guanidine groups is 1. The molecule has 0 radical (unpaired) electrons. The van der Waals surface area contributed by atoms with Gasteiger partial charge in [0.15, 0.2) is 5.96 Å². The summed E-state index contributed by atoms with van der Waals surface area (Å²) in [5.74, 6) is 1.70. The van der Waals surface area contributed by atoms with Gasteiger partial charge in [-0.2, -0.15) is 0 Å². The van der Waals surface area contributed by atoms with E-state index in [9.17, 15) is 0 Å². The third-order valence-electron chi connectivity index (χ3n) is 5.27. The van der Waals surface area contributed by atoms with Crippen LogP contribution in [0.5, 0.6) is 0 Å². The quantitative estimate of drug-likeness (QED) is 0.359. The number of aryl methyl sites for hydroxylation is 2. The Morgan fingerprint density at radius 3 is 2.68 bits per heavy atom. The number of hydrogen-bond acceptors (Lipinski definition) is 4. The summed E-state index contributed by atoms with van der Waals surface area (Å²) >= 11 is 0. The van der Waals surface area contributed by atoms with Gasteiger partial charge < -0.3 is 20.1 Å². The monoisotopic (exact) mass is 497 g/mol. The molecule has 28 heavy (non-hydrogen) atoms. The van der Waals surface area contributed by atoms with E-state index in [0.717, 1.165) is 43.5 Å². The van der Waals surface area contributed by atoms with E-state index in [1.54, 1.807) is 7.05 Å². The summed E-state index contributed by atoms with van der Waals surface area (Å²) in [6.45, 7) is 9.21. The summed E-state index contributed by atoms with van der Waals surface area (Å²) in [5.41, 5.74) is 4.72. The van der Waals surface area contributed by atoms with Gasteiger partial charge in [0.05, 0.1) is 11.7 Å². The zero-order valence-corrected chi connectivity index (χ0v) is 19.6. The van der Waals surface area contributed by atoms with Crippen LogP contribution in [0.2, 0.25) is 0 Å². The van der Waals surface area contributed by atoms with Gasteiger partial charge in [0.2, 0.25) is 0 Å². The van der Waals surface area contributed by atoms with E-state index < -0.39 is 0 Å². The molecule has 7 heteroatoms. The predicted molar refractivity (Wildman–Crippen MR) is 126 cm³/mol. The number of halogens is 1. The fraction of sp³-hybridized carbons (Fsp3) is 0.524. The van der Waals surface area contributed by atoms with Crippen molar-refractivity contribution in [2.24, 2.45) is 4.99 Å². The Hall–Kier alpha value is -1.77. The van der Waals surface area contributed by atoms with Crippen LogP contribution in [0, 0.1) is 13.8 Å². The Kier molecular flexibility index (Phi) is 8.59. The Labute approximate surface area is 185 Å². The molecule has 0 aliphatic carbocycles. The van der Waals surface area contributed by atoms with E-state index in [2.05, 4.69) is 56.9 Å². The summed E-state index contributed by atoms with van der Waals surface area (Å²) in [6.07, 6.45) is 3.44. The van der Waals surface area contributed by atoms with E-state index in [1.165, 1.54) is 29.7 Å². The smallest absolute Gasteiger partial charge is 0.191 e. The van der Waals surface area contributed by atoms with Gasteiger partial charge in [0.25, 0.3) is 0 Å². The maximum atomic E-state index is 5.23. The highest BCUT2D eigenvalue weighted by Gasteiger charge is 2.15. The maximum Gasteiger partial charge on any atom is 0.191 e. The van der Waals surface area contributed by atoms with Gasteiger partial charge in [-0.3, -0.25) is 4.99 Å². The molecular weight excluding hydrogens is 465 g/mol. The van der Waals surface area contributed by atoms with Gasteiger partial charge in [0.1, 0.15) is 5.76 Å². The molecule has 1 unspecified atom stereocenters. The molecule has 2 aromatic rings. The first-order valence-corrected chi connectivity index (χ1v) is 9.82. The van der Waals surface area contributed by atoms with Gasteiger partial charge in [-0.05, 0) is 57.7 Å². The first-order valence-electron chi connectivity index (χ1n) is 9.82. The molecule has 6 nitrogen and oxygen atoms in total. The van der Waals surface area contributed by atoms with Crippen LogP contribution >= 0.6 is 24.0 Å². The predicted octanol–water partition coefficient (Wildman–Crippen LogP) is 3.98. The van der Waals surface area contributed by atoms with E-state index in [1.807, 2.05) is 13.8 Å². The molecule has 0 spiro atoms. The van der Waals surface area contributed by atoms with E-state index in [0.29, 0.717) is 0 Å². The third-order valence-corrected chi connectivity index (χ3v) is 5.27. The fourth-order valence-corrected chi connectivity index (χ4v) is 3.61. The SMILES string of the molecule is CN=C(NCCc1c(C)noc1C)NC(C)c1cccc(N2CCCC2)c1.I. The van der Waals surface area contributed by atoms with Crippen LogP contribution in [0.25, 0.3) is 0 Å². The molecule has 1 aromatic heterocycles. The molecule has 1 atom stereocenters. The van der Waals surface area contributed by atoms with Crippen molar-refractivity contribution in [2.45, 2.75) is 46.1 Å². The zero-order valence-electron chi connectivity index (χ0n) is 17.3. The van der Waals surface area contributed by atoms with Gasteiger partial charge >= 0.3 is 0 Å². The number of aliphatic imine (C=N–C) groups is 1. The van der Waals surface area contributed by atoms with Gasteiger partial charge in [-0.1, -0.05) is 17.3 Å². The Balaban J connectivity index is 0.00000280. The molecule has 154 valence electrons. The fourth-order valence-electron chi connectivity index (χ4n) is 3.61. The summed E-state index contributed by atoms with van der Waals surface area (Å²) in [4.78, 5) is 6.83. The summed E-state index contributed by atoms with van der Waals surface area (Å²) in [7, 11) is 1.80. The van der Waals surface area contributed by atoms with Crippen LogP contribution < -0.4 is 15.5 Å². The molecule has 1 aliphatic heterocycles. The minimum Gasteiger partial charge on any atom is -0.372 e. The van der Waals surface area contributed by atoms with Crippen LogP contribution in [0.1, 0.15) is 48.4 Å². The summed E-state index contributed by atoms with van der Waals surface area (Å²) in [6, 6.07) is 9.00. The number of nitrogens with zero attached hydrogens (tertiary/aromatic N) is 3. The van der Waals surface area contributed by atoms with Crippen molar-refractivity contribution in [1.82, 2.24) is 15.8 Å². The normalized spacial score (nSPS) is 15.3. The van der Waals surface area contributed by atoms with Gasteiger partial charge in [0, 0.05) is 37.9 Å². The van der Waals surface area contributed by atoms with Crippen molar-refractivity contribution in [1.29, 1.82) is 0 Å². The lowest BCUT2D eigenvalue weighted by molar-refractivity contribution is 0.392. The molecule has 3 rings (SSSR count). The highest BCUT2D eigenvalue weighted by Crippen LogP contribution is 2.24. The Bertz CT molecular complexity index is 763. The number of anilines is 1. The number of rotatable bonds is 6. The first-order chi connectivity index (χ1) is 13.1. The second kappa shape index (κ2) is 10.7. The zero-order chi connectivity index (χ0) is 19.2. The molecule has 1 fully saturated rings. The Morgan fingerprint density at radius 1 is 1.29 bits per heavy atom. The molecule has 0 saturated carbocycles. The molecule has 1 aliphatic rings. The average molecular weight is 497 g/mol. The van der Waals surface area contributed by atoms with E-state index in [4.69, 9.17) is 4.52 Å². The largest absolute Gasteiger partial charge is 0.372 e. The first kappa shape index (κ1) is 22.5. The number of aromatic nitrogens is 1. The lowest BCUT2D eigenvalue weighted by Gasteiger charge is -2.22. The molecule has 1 aromatic carbocycles. The molecule has 0 bridgehead atoms. The summed E-state index contributed by atoms with van der Waals surface area (Å²) < 4.78 is 5.23. The lowest BCUT2D eigenvalue weighted by Crippen LogP contribution is -2.39. The topological polar surface area (TPSA) is 65.7 Å². The van der Waals surface area contributed by atoms with Crippen LogP contribution in [-0.2, 0) is 6.42 Å². The van der Waals surface area contributed by atoms with E-state index >= 15 is 0 Å². The average Bonchev–Trinajstić information content (AvgIpc) is 3.32. The van der Waals surface area contributed by atoms with Crippen molar-refractivity contribution in [3.63, 3.8) is 0 Å².